The molecule has 0 aromatic carbocycles. The zero-order valence-corrected chi connectivity index (χ0v) is 8.27. The van der Waals surface area contributed by atoms with Gasteiger partial charge in [0.05, 0.1) is 0 Å². The summed E-state index contributed by atoms with van der Waals surface area (Å²) in [5.74, 6) is 1.70. The zero-order valence-electron chi connectivity index (χ0n) is 7.52. The van der Waals surface area contributed by atoms with Gasteiger partial charge < -0.3 is 4.90 Å². The van der Waals surface area contributed by atoms with Crippen LogP contribution in [-0.4, -0.2) is 29.9 Å². The molecule has 1 unspecified atom stereocenters. The number of hydrogen-bond donors (Lipinski definition) is 0. The smallest absolute Gasteiger partial charge is 0.0226 e. The highest BCUT2D eigenvalue weighted by Crippen LogP contribution is 2.21. The van der Waals surface area contributed by atoms with Crippen molar-refractivity contribution in [2.24, 2.45) is 5.92 Å². The van der Waals surface area contributed by atoms with E-state index in [1.165, 1.54) is 25.9 Å². The molecule has 2 heteroatoms. The molecule has 1 aliphatic rings. The lowest BCUT2D eigenvalue weighted by atomic mass is 10.1. The van der Waals surface area contributed by atoms with Crippen LogP contribution in [0.5, 0.6) is 0 Å². The molecule has 1 atom stereocenters. The van der Waals surface area contributed by atoms with Gasteiger partial charge in [-0.05, 0) is 39.2 Å². The molecule has 0 aromatic heterocycles. The van der Waals surface area contributed by atoms with Crippen LogP contribution >= 0.6 is 11.6 Å². The van der Waals surface area contributed by atoms with E-state index in [9.17, 15) is 0 Å². The Balaban J connectivity index is 2.23. The Kier molecular flexibility index (Phi) is 3.67. The normalized spacial score (nSPS) is 26.7. The number of hydrogen-bond acceptors (Lipinski definition) is 1. The van der Waals surface area contributed by atoms with Crippen molar-refractivity contribution in [3.63, 3.8) is 0 Å². The third-order valence-electron chi connectivity index (χ3n) is 2.56. The molecule has 1 heterocycles. The van der Waals surface area contributed by atoms with Gasteiger partial charge in [-0.2, -0.15) is 0 Å². The predicted octanol–water partition coefficient (Wildman–Crippen LogP) is 2.35. The van der Waals surface area contributed by atoms with Gasteiger partial charge in [-0.3, -0.25) is 0 Å². The standard InChI is InChI=1S/C9H18ClN/c1-8(2)11-6-4-9(7-11)3-5-10/h8-9H,3-7H2,1-2H3. The molecule has 1 saturated heterocycles. The van der Waals surface area contributed by atoms with Gasteiger partial charge in [0.25, 0.3) is 0 Å². The summed E-state index contributed by atoms with van der Waals surface area (Å²) in [4.78, 5) is 2.54. The van der Waals surface area contributed by atoms with Crippen LogP contribution in [0.2, 0.25) is 0 Å². The van der Waals surface area contributed by atoms with Gasteiger partial charge in [-0.15, -0.1) is 11.6 Å². The van der Waals surface area contributed by atoms with Crippen LogP contribution in [-0.2, 0) is 0 Å². The number of nitrogens with zero attached hydrogens (tertiary/aromatic N) is 1. The molecule has 1 rings (SSSR count). The van der Waals surface area contributed by atoms with Crippen molar-refractivity contribution in [2.75, 3.05) is 19.0 Å². The summed E-state index contributed by atoms with van der Waals surface area (Å²) >= 11 is 5.69. The number of likely N-dealkylation sites (tertiary alicyclic amines) is 1. The Morgan fingerprint density at radius 3 is 2.73 bits per heavy atom. The maximum atomic E-state index is 5.69. The summed E-state index contributed by atoms with van der Waals surface area (Å²) in [6, 6.07) is 0.718. The van der Waals surface area contributed by atoms with Gasteiger partial charge in [0.1, 0.15) is 0 Å². The average Bonchev–Trinajstić information content (AvgIpc) is 2.37. The molecule has 0 N–H and O–H groups in total. The van der Waals surface area contributed by atoms with Gasteiger partial charge in [0.15, 0.2) is 0 Å². The maximum Gasteiger partial charge on any atom is 0.0226 e. The van der Waals surface area contributed by atoms with Crippen molar-refractivity contribution in [1.82, 2.24) is 4.90 Å². The fourth-order valence-corrected chi connectivity index (χ4v) is 2.03. The summed E-state index contributed by atoms with van der Waals surface area (Å²) in [6.45, 7) is 7.08. The highest BCUT2D eigenvalue weighted by Gasteiger charge is 2.22. The van der Waals surface area contributed by atoms with Crippen LogP contribution in [0.15, 0.2) is 0 Å². The quantitative estimate of drug-likeness (QED) is 0.596. The Morgan fingerprint density at radius 2 is 2.27 bits per heavy atom. The second kappa shape index (κ2) is 4.32. The molecule has 1 nitrogen and oxygen atoms in total. The molecule has 0 bridgehead atoms. The van der Waals surface area contributed by atoms with Crippen molar-refractivity contribution in [2.45, 2.75) is 32.7 Å². The van der Waals surface area contributed by atoms with Crippen molar-refractivity contribution in [1.29, 1.82) is 0 Å². The van der Waals surface area contributed by atoms with E-state index in [0.717, 1.165) is 17.8 Å². The van der Waals surface area contributed by atoms with Crippen LogP contribution in [0, 0.1) is 5.92 Å². The predicted molar refractivity (Wildman–Crippen MR) is 50.2 cm³/mol. The van der Waals surface area contributed by atoms with Crippen molar-refractivity contribution < 1.29 is 0 Å². The van der Waals surface area contributed by atoms with Gasteiger partial charge in [-0.1, -0.05) is 0 Å². The molecule has 0 radical (unpaired) electrons. The minimum atomic E-state index is 0.718. The van der Waals surface area contributed by atoms with Gasteiger partial charge >= 0.3 is 0 Å². The number of rotatable bonds is 3. The largest absolute Gasteiger partial charge is 0.301 e. The Morgan fingerprint density at radius 1 is 1.55 bits per heavy atom. The molecule has 11 heavy (non-hydrogen) atoms. The first-order chi connectivity index (χ1) is 5.24. The number of alkyl halides is 1. The topological polar surface area (TPSA) is 3.24 Å². The molecule has 1 aliphatic heterocycles. The first-order valence-electron chi connectivity index (χ1n) is 4.54. The second-order valence-corrected chi connectivity index (χ2v) is 4.10. The van der Waals surface area contributed by atoms with E-state index in [1.807, 2.05) is 0 Å². The third-order valence-corrected chi connectivity index (χ3v) is 2.78. The van der Waals surface area contributed by atoms with Crippen molar-refractivity contribution in [3.05, 3.63) is 0 Å². The SMILES string of the molecule is CC(C)N1CCC(CCCl)C1. The molecule has 66 valence electrons. The first kappa shape index (κ1) is 9.34. The lowest BCUT2D eigenvalue weighted by Gasteiger charge is -2.19. The van der Waals surface area contributed by atoms with E-state index in [-0.39, 0.29) is 0 Å². The molecule has 1 fully saturated rings. The molecule has 0 amide bonds. The van der Waals surface area contributed by atoms with E-state index in [2.05, 4.69) is 18.7 Å². The van der Waals surface area contributed by atoms with E-state index in [4.69, 9.17) is 11.6 Å². The summed E-state index contributed by atoms with van der Waals surface area (Å²) in [5.41, 5.74) is 0. The van der Waals surface area contributed by atoms with E-state index >= 15 is 0 Å². The van der Waals surface area contributed by atoms with Gasteiger partial charge in [-0.25, -0.2) is 0 Å². The van der Waals surface area contributed by atoms with Crippen LogP contribution < -0.4 is 0 Å². The summed E-state index contributed by atoms with van der Waals surface area (Å²) in [7, 11) is 0. The molecular weight excluding hydrogens is 158 g/mol. The minimum absolute atomic E-state index is 0.718. The lowest BCUT2D eigenvalue weighted by molar-refractivity contribution is 0.264. The fourth-order valence-electron chi connectivity index (χ4n) is 1.72. The Labute approximate surface area is 74.7 Å². The zero-order chi connectivity index (χ0) is 8.27. The van der Waals surface area contributed by atoms with Crippen molar-refractivity contribution in [3.8, 4) is 0 Å². The van der Waals surface area contributed by atoms with Crippen LogP contribution in [0.4, 0.5) is 0 Å². The summed E-state index contributed by atoms with van der Waals surface area (Å²) in [5, 5.41) is 0. The van der Waals surface area contributed by atoms with Crippen LogP contribution in [0.1, 0.15) is 26.7 Å². The third kappa shape index (κ3) is 2.64. The second-order valence-electron chi connectivity index (χ2n) is 3.72. The first-order valence-corrected chi connectivity index (χ1v) is 5.07. The molecule has 0 spiro atoms. The summed E-state index contributed by atoms with van der Waals surface area (Å²) < 4.78 is 0. The summed E-state index contributed by atoms with van der Waals surface area (Å²) in [6.07, 6.45) is 2.55. The van der Waals surface area contributed by atoms with E-state index in [1.54, 1.807) is 0 Å². The highest BCUT2D eigenvalue weighted by atomic mass is 35.5. The van der Waals surface area contributed by atoms with Gasteiger partial charge in [0.2, 0.25) is 0 Å². The Bertz CT molecular complexity index is 114. The highest BCUT2D eigenvalue weighted by molar-refractivity contribution is 6.17. The van der Waals surface area contributed by atoms with E-state index < -0.39 is 0 Å². The van der Waals surface area contributed by atoms with Crippen LogP contribution in [0.25, 0.3) is 0 Å². The molecular formula is C9H18ClN. The number of halogens is 1. The van der Waals surface area contributed by atoms with Crippen molar-refractivity contribution >= 4 is 11.6 Å². The molecule has 0 saturated carbocycles. The monoisotopic (exact) mass is 175 g/mol. The maximum absolute atomic E-state index is 5.69. The lowest BCUT2D eigenvalue weighted by Crippen LogP contribution is -2.28. The minimum Gasteiger partial charge on any atom is -0.301 e. The van der Waals surface area contributed by atoms with Gasteiger partial charge in [0, 0.05) is 18.5 Å². The Hall–Kier alpha value is 0.250. The van der Waals surface area contributed by atoms with Crippen LogP contribution in [0.3, 0.4) is 0 Å². The average molecular weight is 176 g/mol. The van der Waals surface area contributed by atoms with E-state index in [0.29, 0.717) is 0 Å². The molecule has 0 aromatic rings. The molecule has 0 aliphatic carbocycles. The fraction of sp³-hybridized carbons (Fsp3) is 1.00.